The summed E-state index contributed by atoms with van der Waals surface area (Å²) in [5.41, 5.74) is 0. The van der Waals surface area contributed by atoms with Gasteiger partial charge < -0.3 is 9.59 Å². The third kappa shape index (κ3) is 5.62. The summed E-state index contributed by atoms with van der Waals surface area (Å²) in [7, 11) is 0. The van der Waals surface area contributed by atoms with Crippen LogP contribution in [0.5, 0.6) is 0 Å². The molecule has 1 atom stereocenters. The van der Waals surface area contributed by atoms with Crippen molar-refractivity contribution in [2.24, 2.45) is 11.8 Å². The third-order valence-electron chi connectivity index (χ3n) is 2.17. The van der Waals surface area contributed by atoms with Crippen LogP contribution in [0.2, 0.25) is 0 Å². The first-order chi connectivity index (χ1) is 6.47. The van der Waals surface area contributed by atoms with Gasteiger partial charge in [0.05, 0.1) is 0 Å². The average Bonchev–Trinajstić information content (AvgIpc) is 2.11. The number of ketones is 2. The summed E-state index contributed by atoms with van der Waals surface area (Å²) in [6.45, 7) is 5.12. The number of Topliss-reactive ketones (excluding diaryl/α,β-unsaturated/α-hetero) is 2. The molecule has 14 heavy (non-hydrogen) atoms. The minimum absolute atomic E-state index is 0.0326. The van der Waals surface area contributed by atoms with Crippen molar-refractivity contribution < 1.29 is 14.4 Å². The number of carbonyl (C=O) groups excluding carboxylic acids is 3. The zero-order valence-electron chi connectivity index (χ0n) is 9.08. The van der Waals surface area contributed by atoms with Gasteiger partial charge in [-0.2, -0.15) is 0 Å². The molecule has 0 aliphatic carbocycles. The minimum Gasteiger partial charge on any atom is -0.303 e. The van der Waals surface area contributed by atoms with E-state index in [0.717, 1.165) is 6.29 Å². The van der Waals surface area contributed by atoms with E-state index in [-0.39, 0.29) is 29.8 Å². The summed E-state index contributed by atoms with van der Waals surface area (Å²) in [6, 6.07) is 0. The predicted octanol–water partition coefficient (Wildman–Crippen LogP) is 1.79. The van der Waals surface area contributed by atoms with Crippen LogP contribution in [0.4, 0.5) is 0 Å². The molecule has 0 aromatic carbocycles. The Kier molecular flexibility index (Phi) is 6.00. The average molecular weight is 198 g/mol. The van der Waals surface area contributed by atoms with Gasteiger partial charge in [-0.1, -0.05) is 13.8 Å². The van der Waals surface area contributed by atoms with Gasteiger partial charge in [0.2, 0.25) is 0 Å². The van der Waals surface area contributed by atoms with Gasteiger partial charge in [0, 0.05) is 24.7 Å². The van der Waals surface area contributed by atoms with E-state index < -0.39 is 0 Å². The van der Waals surface area contributed by atoms with Gasteiger partial charge in [0.1, 0.15) is 17.9 Å². The van der Waals surface area contributed by atoms with Gasteiger partial charge >= 0.3 is 0 Å². The highest BCUT2D eigenvalue weighted by molar-refractivity contribution is 5.83. The molecule has 1 unspecified atom stereocenters. The first-order valence-corrected chi connectivity index (χ1v) is 4.94. The second kappa shape index (κ2) is 6.46. The Morgan fingerprint density at radius 3 is 2.21 bits per heavy atom. The van der Waals surface area contributed by atoms with Crippen LogP contribution in [0.15, 0.2) is 0 Å². The third-order valence-corrected chi connectivity index (χ3v) is 2.17. The van der Waals surface area contributed by atoms with Crippen LogP contribution in [-0.2, 0) is 14.4 Å². The Hall–Kier alpha value is -0.990. The summed E-state index contributed by atoms with van der Waals surface area (Å²) < 4.78 is 0. The lowest BCUT2D eigenvalue weighted by Crippen LogP contribution is -2.15. The van der Waals surface area contributed by atoms with Crippen molar-refractivity contribution in [3.05, 3.63) is 0 Å². The molecule has 0 rings (SSSR count). The van der Waals surface area contributed by atoms with Crippen molar-refractivity contribution in [1.82, 2.24) is 0 Å². The van der Waals surface area contributed by atoms with Crippen molar-refractivity contribution in [3.8, 4) is 0 Å². The summed E-state index contributed by atoms with van der Waals surface area (Å²) in [6.07, 6.45) is 1.93. The van der Waals surface area contributed by atoms with E-state index in [1.807, 2.05) is 13.8 Å². The van der Waals surface area contributed by atoms with Gasteiger partial charge in [-0.3, -0.25) is 4.79 Å². The van der Waals surface area contributed by atoms with Crippen molar-refractivity contribution in [3.63, 3.8) is 0 Å². The molecule has 0 bridgehead atoms. The van der Waals surface area contributed by atoms with Crippen LogP contribution in [0.3, 0.4) is 0 Å². The topological polar surface area (TPSA) is 51.2 Å². The Balaban J connectivity index is 3.96. The maximum absolute atomic E-state index is 11.3. The Bertz CT molecular complexity index is 219. The largest absolute Gasteiger partial charge is 0.303 e. The van der Waals surface area contributed by atoms with E-state index in [4.69, 9.17) is 0 Å². The van der Waals surface area contributed by atoms with Gasteiger partial charge in [-0.05, 0) is 13.3 Å². The lowest BCUT2D eigenvalue weighted by atomic mass is 9.93. The molecule has 0 aromatic heterocycles. The summed E-state index contributed by atoms with van der Waals surface area (Å²) >= 11 is 0. The van der Waals surface area contributed by atoms with Gasteiger partial charge in [-0.15, -0.1) is 0 Å². The fourth-order valence-electron chi connectivity index (χ4n) is 1.10. The SMILES string of the molecule is CC(=O)CCC(C=O)CC(=O)C(C)C. The summed E-state index contributed by atoms with van der Waals surface area (Å²) in [5, 5.41) is 0. The first kappa shape index (κ1) is 13.0. The van der Waals surface area contributed by atoms with Crippen LogP contribution < -0.4 is 0 Å². The number of aldehydes is 1. The maximum Gasteiger partial charge on any atom is 0.136 e. The van der Waals surface area contributed by atoms with Gasteiger partial charge in [0.15, 0.2) is 0 Å². The first-order valence-electron chi connectivity index (χ1n) is 4.94. The highest BCUT2D eigenvalue weighted by Gasteiger charge is 2.15. The van der Waals surface area contributed by atoms with E-state index in [1.54, 1.807) is 0 Å². The second-order valence-corrected chi connectivity index (χ2v) is 3.96. The molecular formula is C11H18O3. The molecule has 80 valence electrons. The van der Waals surface area contributed by atoms with E-state index in [2.05, 4.69) is 0 Å². The van der Waals surface area contributed by atoms with Crippen LogP contribution >= 0.6 is 0 Å². The van der Waals surface area contributed by atoms with E-state index in [1.165, 1.54) is 6.92 Å². The smallest absolute Gasteiger partial charge is 0.136 e. The quantitative estimate of drug-likeness (QED) is 0.586. The zero-order chi connectivity index (χ0) is 11.1. The summed E-state index contributed by atoms with van der Waals surface area (Å²) in [5.74, 6) is -0.164. The monoisotopic (exact) mass is 198 g/mol. The Morgan fingerprint density at radius 2 is 1.86 bits per heavy atom. The summed E-state index contributed by atoms with van der Waals surface area (Å²) in [4.78, 5) is 32.6. The molecule has 0 N–H and O–H groups in total. The van der Waals surface area contributed by atoms with Crippen molar-refractivity contribution in [2.75, 3.05) is 0 Å². The van der Waals surface area contributed by atoms with Crippen LogP contribution in [0.1, 0.15) is 40.0 Å². The normalized spacial score (nSPS) is 12.6. The molecule has 0 spiro atoms. The molecule has 0 heterocycles. The lowest BCUT2D eigenvalue weighted by Gasteiger charge is -2.09. The van der Waals surface area contributed by atoms with Crippen molar-refractivity contribution >= 4 is 17.9 Å². The molecule has 3 heteroatoms. The van der Waals surface area contributed by atoms with Crippen molar-refractivity contribution in [1.29, 1.82) is 0 Å². The zero-order valence-corrected chi connectivity index (χ0v) is 9.08. The fourth-order valence-corrected chi connectivity index (χ4v) is 1.10. The van der Waals surface area contributed by atoms with Gasteiger partial charge in [0.25, 0.3) is 0 Å². The fraction of sp³-hybridized carbons (Fsp3) is 0.727. The molecule has 0 aliphatic heterocycles. The number of carbonyl (C=O) groups is 3. The van der Waals surface area contributed by atoms with Crippen molar-refractivity contribution in [2.45, 2.75) is 40.0 Å². The van der Waals surface area contributed by atoms with E-state index in [0.29, 0.717) is 12.8 Å². The second-order valence-electron chi connectivity index (χ2n) is 3.96. The molecule has 0 fully saturated rings. The maximum atomic E-state index is 11.3. The molecule has 0 radical (unpaired) electrons. The molecule has 0 amide bonds. The van der Waals surface area contributed by atoms with Crippen LogP contribution in [0.25, 0.3) is 0 Å². The Labute approximate surface area is 84.9 Å². The van der Waals surface area contributed by atoms with E-state index in [9.17, 15) is 14.4 Å². The highest BCUT2D eigenvalue weighted by Crippen LogP contribution is 2.12. The predicted molar refractivity (Wildman–Crippen MR) is 53.9 cm³/mol. The Morgan fingerprint density at radius 1 is 1.29 bits per heavy atom. The molecular weight excluding hydrogens is 180 g/mol. The molecule has 0 aromatic rings. The number of rotatable bonds is 7. The van der Waals surface area contributed by atoms with Gasteiger partial charge in [-0.25, -0.2) is 0 Å². The van der Waals surface area contributed by atoms with Crippen LogP contribution in [-0.4, -0.2) is 17.9 Å². The molecule has 3 nitrogen and oxygen atoms in total. The molecule has 0 saturated carbocycles. The number of hydrogen-bond acceptors (Lipinski definition) is 3. The van der Waals surface area contributed by atoms with E-state index >= 15 is 0 Å². The molecule has 0 aliphatic rings. The molecule has 0 saturated heterocycles. The van der Waals surface area contributed by atoms with Crippen LogP contribution in [0, 0.1) is 11.8 Å². The highest BCUT2D eigenvalue weighted by atomic mass is 16.1. The standard InChI is InChI=1S/C11H18O3/c1-8(2)11(14)6-10(7-12)5-4-9(3)13/h7-8,10H,4-6H2,1-3H3. The minimum atomic E-state index is -0.284. The number of hydrogen-bond donors (Lipinski definition) is 0. The lowest BCUT2D eigenvalue weighted by molar-refractivity contribution is -0.125.